The fourth-order valence-electron chi connectivity index (χ4n) is 3.16. The Kier molecular flexibility index (Phi) is 5.06. The van der Waals surface area contributed by atoms with Gasteiger partial charge in [-0.25, -0.2) is 0 Å². The Labute approximate surface area is 151 Å². The number of piperazine rings is 1. The van der Waals surface area contributed by atoms with Gasteiger partial charge in [0.1, 0.15) is 5.75 Å². The van der Waals surface area contributed by atoms with Crippen molar-refractivity contribution in [1.29, 1.82) is 0 Å². The molecule has 1 aliphatic heterocycles. The van der Waals surface area contributed by atoms with Gasteiger partial charge in [0.05, 0.1) is 17.7 Å². The van der Waals surface area contributed by atoms with E-state index in [0.717, 1.165) is 11.4 Å². The molecule has 2 aromatic rings. The fourth-order valence-corrected chi connectivity index (χ4v) is 3.16. The van der Waals surface area contributed by atoms with Crippen molar-refractivity contribution in [2.24, 2.45) is 0 Å². The molecule has 0 unspecified atom stereocenters. The number of hydrogen-bond donors (Lipinski definition) is 0. The summed E-state index contributed by atoms with van der Waals surface area (Å²) in [5, 5.41) is 11.1. The number of para-hydroxylation sites is 2. The minimum atomic E-state index is -0.453. The molecule has 7 heteroatoms. The zero-order valence-electron chi connectivity index (χ0n) is 14.8. The van der Waals surface area contributed by atoms with Crippen molar-refractivity contribution in [2.75, 3.05) is 38.2 Å². The number of amides is 1. The monoisotopic (exact) mass is 355 g/mol. The smallest absolute Gasteiger partial charge is 0.273 e. The lowest BCUT2D eigenvalue weighted by atomic mass is 10.1. The maximum Gasteiger partial charge on any atom is 0.273 e. The average Bonchev–Trinajstić information content (AvgIpc) is 2.67. The Bertz CT molecular complexity index is 829. The van der Waals surface area contributed by atoms with Crippen LogP contribution in [0.15, 0.2) is 42.5 Å². The summed E-state index contributed by atoms with van der Waals surface area (Å²) in [6, 6.07) is 12.4. The summed E-state index contributed by atoms with van der Waals surface area (Å²) in [7, 11) is 1.64. The Balaban J connectivity index is 1.71. The van der Waals surface area contributed by atoms with Gasteiger partial charge < -0.3 is 14.5 Å². The number of hydrogen-bond acceptors (Lipinski definition) is 5. The first-order valence-electron chi connectivity index (χ1n) is 8.43. The molecule has 136 valence electrons. The van der Waals surface area contributed by atoms with E-state index in [4.69, 9.17) is 4.74 Å². The highest BCUT2D eigenvalue weighted by Gasteiger charge is 2.25. The molecule has 3 rings (SSSR count). The molecule has 1 heterocycles. The molecule has 26 heavy (non-hydrogen) atoms. The Hall–Kier alpha value is -3.09. The van der Waals surface area contributed by atoms with E-state index in [2.05, 4.69) is 4.90 Å². The van der Waals surface area contributed by atoms with Crippen LogP contribution in [0.5, 0.6) is 5.75 Å². The van der Waals surface area contributed by atoms with E-state index in [1.54, 1.807) is 31.1 Å². The van der Waals surface area contributed by atoms with Crippen molar-refractivity contribution in [3.63, 3.8) is 0 Å². The summed E-state index contributed by atoms with van der Waals surface area (Å²) < 4.78 is 5.40. The molecule has 2 aromatic carbocycles. The highest BCUT2D eigenvalue weighted by molar-refractivity contribution is 5.95. The fraction of sp³-hybridized carbons (Fsp3) is 0.316. The molecule has 0 aliphatic carbocycles. The summed E-state index contributed by atoms with van der Waals surface area (Å²) in [6.07, 6.45) is 0. The molecule has 1 amide bonds. The van der Waals surface area contributed by atoms with Crippen LogP contribution in [0.2, 0.25) is 0 Å². The van der Waals surface area contributed by atoms with Crippen molar-refractivity contribution in [1.82, 2.24) is 4.90 Å². The average molecular weight is 355 g/mol. The third kappa shape index (κ3) is 3.46. The number of methoxy groups -OCH3 is 1. The van der Waals surface area contributed by atoms with Gasteiger partial charge in [-0.05, 0) is 25.1 Å². The molecule has 0 N–H and O–H groups in total. The first-order valence-corrected chi connectivity index (χ1v) is 8.43. The van der Waals surface area contributed by atoms with Crippen LogP contribution in [0.1, 0.15) is 15.9 Å². The van der Waals surface area contributed by atoms with Crippen LogP contribution in [-0.4, -0.2) is 49.0 Å². The van der Waals surface area contributed by atoms with Crippen LogP contribution in [0.4, 0.5) is 11.4 Å². The van der Waals surface area contributed by atoms with Gasteiger partial charge in [0.25, 0.3) is 11.6 Å². The quantitative estimate of drug-likeness (QED) is 0.623. The molecular formula is C19H21N3O4. The van der Waals surface area contributed by atoms with Gasteiger partial charge in [0.15, 0.2) is 0 Å². The van der Waals surface area contributed by atoms with Crippen molar-refractivity contribution in [3.05, 3.63) is 63.7 Å². The minimum Gasteiger partial charge on any atom is -0.495 e. The highest BCUT2D eigenvalue weighted by atomic mass is 16.6. The molecular weight excluding hydrogens is 334 g/mol. The normalized spacial score (nSPS) is 14.2. The van der Waals surface area contributed by atoms with E-state index in [1.807, 2.05) is 24.3 Å². The maximum atomic E-state index is 12.7. The van der Waals surface area contributed by atoms with E-state index in [-0.39, 0.29) is 11.6 Å². The Morgan fingerprint density at radius 2 is 1.81 bits per heavy atom. The number of carbonyl (C=O) groups excluding carboxylic acids is 1. The topological polar surface area (TPSA) is 75.9 Å². The molecule has 0 bridgehead atoms. The van der Waals surface area contributed by atoms with Gasteiger partial charge in [0, 0.05) is 43.4 Å². The number of benzene rings is 2. The SMILES string of the molecule is COc1ccccc1N1CCN(C(=O)c2ccc(C)c([N+](=O)[O-])c2)CC1. The molecule has 0 spiro atoms. The van der Waals surface area contributed by atoms with E-state index in [0.29, 0.717) is 37.3 Å². The van der Waals surface area contributed by atoms with Crippen molar-refractivity contribution in [3.8, 4) is 5.75 Å². The second-order valence-corrected chi connectivity index (χ2v) is 6.21. The third-order valence-electron chi connectivity index (χ3n) is 4.65. The largest absolute Gasteiger partial charge is 0.495 e. The standard InChI is InChI=1S/C19H21N3O4/c1-14-7-8-15(13-17(14)22(24)25)19(23)21-11-9-20(10-12-21)16-5-3-4-6-18(16)26-2/h3-8,13H,9-12H2,1-2H3. The number of rotatable bonds is 4. The van der Waals surface area contributed by atoms with E-state index >= 15 is 0 Å². The predicted molar refractivity (Wildman–Crippen MR) is 98.9 cm³/mol. The summed E-state index contributed by atoms with van der Waals surface area (Å²) in [4.78, 5) is 27.3. The predicted octanol–water partition coefficient (Wildman–Crippen LogP) is 2.87. The number of nitrogens with zero attached hydrogens (tertiary/aromatic N) is 3. The third-order valence-corrected chi connectivity index (χ3v) is 4.65. The molecule has 7 nitrogen and oxygen atoms in total. The maximum absolute atomic E-state index is 12.7. The van der Waals surface area contributed by atoms with E-state index < -0.39 is 4.92 Å². The van der Waals surface area contributed by atoms with Crippen LogP contribution >= 0.6 is 0 Å². The molecule has 1 saturated heterocycles. The minimum absolute atomic E-state index is 0.0245. The van der Waals surface area contributed by atoms with Gasteiger partial charge in [-0.15, -0.1) is 0 Å². The van der Waals surface area contributed by atoms with Gasteiger partial charge in [-0.1, -0.05) is 18.2 Å². The molecule has 0 radical (unpaired) electrons. The lowest BCUT2D eigenvalue weighted by molar-refractivity contribution is -0.385. The Morgan fingerprint density at radius 3 is 2.46 bits per heavy atom. The number of nitro benzene ring substituents is 1. The van der Waals surface area contributed by atoms with E-state index in [9.17, 15) is 14.9 Å². The van der Waals surface area contributed by atoms with Crippen LogP contribution in [0.25, 0.3) is 0 Å². The first kappa shape index (κ1) is 17.7. The van der Waals surface area contributed by atoms with Gasteiger partial charge in [-0.3, -0.25) is 14.9 Å². The number of nitro groups is 1. The lowest BCUT2D eigenvalue weighted by Gasteiger charge is -2.36. The Morgan fingerprint density at radius 1 is 1.12 bits per heavy atom. The van der Waals surface area contributed by atoms with Crippen LogP contribution in [-0.2, 0) is 0 Å². The summed E-state index contributed by atoms with van der Waals surface area (Å²) in [5.41, 5.74) is 1.89. The first-order chi connectivity index (χ1) is 12.5. The molecule has 1 fully saturated rings. The van der Waals surface area contributed by atoms with E-state index in [1.165, 1.54) is 6.07 Å². The number of carbonyl (C=O) groups is 1. The number of anilines is 1. The second-order valence-electron chi connectivity index (χ2n) is 6.21. The number of aryl methyl sites for hydroxylation is 1. The van der Waals surface area contributed by atoms with Crippen LogP contribution in [0, 0.1) is 17.0 Å². The summed E-state index contributed by atoms with van der Waals surface area (Å²) in [6.45, 7) is 4.13. The highest BCUT2D eigenvalue weighted by Crippen LogP contribution is 2.28. The van der Waals surface area contributed by atoms with Crippen LogP contribution in [0.3, 0.4) is 0 Å². The summed E-state index contributed by atoms with van der Waals surface area (Å²) in [5.74, 6) is 0.634. The molecule has 0 saturated carbocycles. The molecule has 1 aliphatic rings. The zero-order chi connectivity index (χ0) is 18.7. The van der Waals surface area contributed by atoms with Crippen molar-refractivity contribution >= 4 is 17.3 Å². The zero-order valence-corrected chi connectivity index (χ0v) is 14.8. The van der Waals surface area contributed by atoms with Crippen LogP contribution < -0.4 is 9.64 Å². The van der Waals surface area contributed by atoms with Crippen molar-refractivity contribution < 1.29 is 14.5 Å². The van der Waals surface area contributed by atoms with Gasteiger partial charge >= 0.3 is 0 Å². The van der Waals surface area contributed by atoms with Gasteiger partial charge in [0.2, 0.25) is 0 Å². The molecule has 0 aromatic heterocycles. The molecule has 0 atom stereocenters. The lowest BCUT2D eigenvalue weighted by Crippen LogP contribution is -2.48. The second kappa shape index (κ2) is 7.43. The van der Waals surface area contributed by atoms with Gasteiger partial charge in [-0.2, -0.15) is 0 Å². The summed E-state index contributed by atoms with van der Waals surface area (Å²) >= 11 is 0. The number of ether oxygens (including phenoxy) is 1. The van der Waals surface area contributed by atoms with Crippen molar-refractivity contribution in [2.45, 2.75) is 6.92 Å².